The predicted molar refractivity (Wildman–Crippen MR) is 91.7 cm³/mol. The van der Waals surface area contributed by atoms with E-state index in [1.165, 1.54) is 6.20 Å². The van der Waals surface area contributed by atoms with Gasteiger partial charge in [0.15, 0.2) is 0 Å². The summed E-state index contributed by atoms with van der Waals surface area (Å²) in [6, 6.07) is 6.87. The van der Waals surface area contributed by atoms with Gasteiger partial charge in [-0.15, -0.1) is 0 Å². The molecule has 1 aliphatic heterocycles. The summed E-state index contributed by atoms with van der Waals surface area (Å²) in [5.74, 6) is -0.303. The number of amides is 1. The maximum atomic E-state index is 12.4. The number of rotatable bonds is 3. The molecule has 1 saturated heterocycles. The van der Waals surface area contributed by atoms with Crippen LogP contribution < -0.4 is 10.2 Å². The van der Waals surface area contributed by atoms with Crippen molar-refractivity contribution in [3.63, 3.8) is 0 Å². The molecule has 0 atom stereocenters. The number of morpholine rings is 1. The Balaban J connectivity index is 1.80. The van der Waals surface area contributed by atoms with Gasteiger partial charge >= 0.3 is 0 Å². The number of carbonyl (C=O) groups excluding carboxylic acids is 1. The SMILES string of the molecule is O=C(Nc1c(Cl)cccc1Cl)c1cncc(N2CCOCC2)c1. The van der Waals surface area contributed by atoms with Crippen molar-refractivity contribution < 1.29 is 9.53 Å². The van der Waals surface area contributed by atoms with E-state index in [9.17, 15) is 4.79 Å². The zero-order valence-corrected chi connectivity index (χ0v) is 13.8. The molecule has 1 aliphatic rings. The van der Waals surface area contributed by atoms with Gasteiger partial charge in [0.1, 0.15) is 0 Å². The van der Waals surface area contributed by atoms with Gasteiger partial charge in [0.05, 0.1) is 46.4 Å². The second-order valence-electron chi connectivity index (χ2n) is 5.08. The van der Waals surface area contributed by atoms with Crippen LogP contribution in [-0.4, -0.2) is 37.2 Å². The summed E-state index contributed by atoms with van der Waals surface area (Å²) in [4.78, 5) is 18.7. The minimum atomic E-state index is -0.303. The van der Waals surface area contributed by atoms with Gasteiger partial charge in [-0.25, -0.2) is 0 Å². The summed E-state index contributed by atoms with van der Waals surface area (Å²) in [5, 5.41) is 3.52. The van der Waals surface area contributed by atoms with Crippen LogP contribution in [0.4, 0.5) is 11.4 Å². The van der Waals surface area contributed by atoms with Gasteiger partial charge < -0.3 is 15.0 Å². The van der Waals surface area contributed by atoms with Crippen LogP contribution in [0.2, 0.25) is 10.0 Å². The molecule has 1 fully saturated rings. The van der Waals surface area contributed by atoms with Gasteiger partial charge in [-0.1, -0.05) is 29.3 Å². The topological polar surface area (TPSA) is 54.5 Å². The van der Waals surface area contributed by atoms with E-state index in [4.69, 9.17) is 27.9 Å². The highest BCUT2D eigenvalue weighted by Crippen LogP contribution is 2.30. The lowest BCUT2D eigenvalue weighted by Crippen LogP contribution is -2.36. The fraction of sp³-hybridized carbons (Fsp3) is 0.250. The van der Waals surface area contributed by atoms with Gasteiger partial charge in [-0.05, 0) is 18.2 Å². The molecule has 0 unspecified atom stereocenters. The van der Waals surface area contributed by atoms with Crippen LogP contribution in [0.5, 0.6) is 0 Å². The second kappa shape index (κ2) is 7.17. The summed E-state index contributed by atoms with van der Waals surface area (Å²) in [6.45, 7) is 2.91. The highest BCUT2D eigenvalue weighted by molar-refractivity contribution is 6.40. The Morgan fingerprint density at radius 3 is 2.57 bits per heavy atom. The maximum absolute atomic E-state index is 12.4. The van der Waals surface area contributed by atoms with Crippen molar-refractivity contribution in [2.24, 2.45) is 0 Å². The third-order valence-electron chi connectivity index (χ3n) is 3.56. The molecule has 0 aliphatic carbocycles. The first-order valence-corrected chi connectivity index (χ1v) is 7.94. The Hall–Kier alpha value is -1.82. The standard InChI is InChI=1S/C16H15Cl2N3O2/c17-13-2-1-3-14(18)15(13)20-16(22)11-8-12(10-19-9-11)21-4-6-23-7-5-21/h1-3,8-10H,4-7H2,(H,20,22). The van der Waals surface area contributed by atoms with Crippen molar-refractivity contribution in [1.29, 1.82) is 0 Å². The van der Waals surface area contributed by atoms with E-state index in [0.717, 1.165) is 18.8 Å². The minimum absolute atomic E-state index is 0.303. The Bertz CT molecular complexity index is 698. The number of pyridine rings is 1. The van der Waals surface area contributed by atoms with E-state index >= 15 is 0 Å². The molecular formula is C16H15Cl2N3O2. The number of para-hydroxylation sites is 1. The van der Waals surface area contributed by atoms with Gasteiger partial charge in [0, 0.05) is 19.3 Å². The van der Waals surface area contributed by atoms with Gasteiger partial charge in [0.2, 0.25) is 0 Å². The molecule has 0 saturated carbocycles. The number of benzene rings is 1. The average molecular weight is 352 g/mol. The first-order valence-electron chi connectivity index (χ1n) is 7.18. The predicted octanol–water partition coefficient (Wildman–Crippen LogP) is 3.48. The van der Waals surface area contributed by atoms with E-state index in [-0.39, 0.29) is 5.91 Å². The van der Waals surface area contributed by atoms with E-state index in [2.05, 4.69) is 15.2 Å². The maximum Gasteiger partial charge on any atom is 0.257 e. The van der Waals surface area contributed by atoms with Gasteiger partial charge in [-0.2, -0.15) is 0 Å². The molecule has 5 nitrogen and oxygen atoms in total. The lowest BCUT2D eigenvalue weighted by Gasteiger charge is -2.28. The number of ether oxygens (including phenoxy) is 1. The van der Waals surface area contributed by atoms with Crippen LogP contribution in [0.3, 0.4) is 0 Å². The fourth-order valence-electron chi connectivity index (χ4n) is 2.35. The Morgan fingerprint density at radius 2 is 1.87 bits per heavy atom. The second-order valence-corrected chi connectivity index (χ2v) is 5.90. The Kier molecular flexibility index (Phi) is 5.00. The number of carbonyl (C=O) groups is 1. The summed E-state index contributed by atoms with van der Waals surface area (Å²) in [6.07, 6.45) is 3.26. The number of halogens is 2. The average Bonchev–Trinajstić information content (AvgIpc) is 2.59. The summed E-state index contributed by atoms with van der Waals surface area (Å²) < 4.78 is 5.33. The molecule has 120 valence electrons. The van der Waals surface area contributed by atoms with E-state index in [1.54, 1.807) is 30.5 Å². The third-order valence-corrected chi connectivity index (χ3v) is 4.19. The normalized spacial score (nSPS) is 14.6. The number of aromatic nitrogens is 1. The number of hydrogen-bond donors (Lipinski definition) is 1. The molecule has 1 aromatic carbocycles. The molecular weight excluding hydrogens is 337 g/mol. The lowest BCUT2D eigenvalue weighted by atomic mass is 10.2. The van der Waals surface area contributed by atoms with Crippen LogP contribution in [0, 0.1) is 0 Å². The minimum Gasteiger partial charge on any atom is -0.378 e. The molecule has 0 radical (unpaired) electrons. The quantitative estimate of drug-likeness (QED) is 0.919. The van der Waals surface area contributed by atoms with Gasteiger partial charge in [0.25, 0.3) is 5.91 Å². The molecule has 3 rings (SSSR count). The van der Waals surface area contributed by atoms with E-state index in [1.807, 2.05) is 0 Å². The van der Waals surface area contributed by atoms with Crippen LogP contribution >= 0.6 is 23.2 Å². The van der Waals surface area contributed by atoms with Crippen LogP contribution in [-0.2, 0) is 4.74 Å². The first kappa shape index (κ1) is 16.1. The van der Waals surface area contributed by atoms with E-state index in [0.29, 0.717) is 34.5 Å². The molecule has 0 bridgehead atoms. The zero-order valence-electron chi connectivity index (χ0n) is 12.3. The van der Waals surface area contributed by atoms with Crippen LogP contribution in [0.1, 0.15) is 10.4 Å². The summed E-state index contributed by atoms with van der Waals surface area (Å²) in [5.41, 5.74) is 1.74. The zero-order chi connectivity index (χ0) is 16.2. The Labute approximate surface area is 144 Å². The Morgan fingerprint density at radius 1 is 1.17 bits per heavy atom. The van der Waals surface area contributed by atoms with Crippen LogP contribution in [0.15, 0.2) is 36.7 Å². The highest BCUT2D eigenvalue weighted by atomic mass is 35.5. The molecule has 2 aromatic rings. The van der Waals surface area contributed by atoms with Crippen LogP contribution in [0.25, 0.3) is 0 Å². The van der Waals surface area contributed by atoms with Crippen molar-refractivity contribution in [2.75, 3.05) is 36.5 Å². The monoisotopic (exact) mass is 351 g/mol. The van der Waals surface area contributed by atoms with Gasteiger partial charge in [-0.3, -0.25) is 9.78 Å². The van der Waals surface area contributed by atoms with Crippen molar-refractivity contribution >= 4 is 40.5 Å². The fourth-order valence-corrected chi connectivity index (χ4v) is 2.84. The number of hydrogen-bond acceptors (Lipinski definition) is 4. The number of nitrogens with zero attached hydrogens (tertiary/aromatic N) is 2. The van der Waals surface area contributed by atoms with Crippen molar-refractivity contribution in [2.45, 2.75) is 0 Å². The highest BCUT2D eigenvalue weighted by Gasteiger charge is 2.15. The largest absolute Gasteiger partial charge is 0.378 e. The number of anilines is 2. The molecule has 0 spiro atoms. The number of nitrogens with one attached hydrogen (secondary N) is 1. The first-order chi connectivity index (χ1) is 11.1. The molecule has 7 heteroatoms. The summed E-state index contributed by atoms with van der Waals surface area (Å²) in [7, 11) is 0. The molecule has 23 heavy (non-hydrogen) atoms. The van der Waals surface area contributed by atoms with Crippen molar-refractivity contribution in [3.05, 3.63) is 52.3 Å². The smallest absolute Gasteiger partial charge is 0.257 e. The third kappa shape index (κ3) is 3.75. The molecule has 1 N–H and O–H groups in total. The lowest BCUT2D eigenvalue weighted by molar-refractivity contribution is 0.102. The van der Waals surface area contributed by atoms with Crippen molar-refractivity contribution in [1.82, 2.24) is 4.98 Å². The summed E-state index contributed by atoms with van der Waals surface area (Å²) >= 11 is 12.2. The molecule has 1 aromatic heterocycles. The van der Waals surface area contributed by atoms with Crippen molar-refractivity contribution in [3.8, 4) is 0 Å². The molecule has 2 heterocycles. The molecule has 1 amide bonds. The van der Waals surface area contributed by atoms with E-state index < -0.39 is 0 Å².